The molecule has 138 valence electrons. The number of anilines is 1. The predicted molar refractivity (Wildman–Crippen MR) is 103 cm³/mol. The number of hydrogen-bond donors (Lipinski definition) is 1. The van der Waals surface area contributed by atoms with Crippen LogP contribution in [-0.2, 0) is 11.3 Å². The number of carbonyl (C=O) groups excluding carboxylic acids is 1. The molecule has 1 aromatic heterocycles. The maximum Gasteiger partial charge on any atom is 0.410 e. The molecule has 26 heavy (non-hydrogen) atoms. The summed E-state index contributed by atoms with van der Waals surface area (Å²) < 4.78 is 5.51. The van der Waals surface area contributed by atoms with Gasteiger partial charge in [-0.3, -0.25) is 0 Å². The number of benzene rings is 1. The monoisotopic (exact) mass is 353 g/mol. The van der Waals surface area contributed by atoms with Gasteiger partial charge in [0.05, 0.1) is 6.04 Å². The van der Waals surface area contributed by atoms with E-state index in [0.717, 1.165) is 42.9 Å². The van der Waals surface area contributed by atoms with E-state index in [4.69, 9.17) is 4.74 Å². The van der Waals surface area contributed by atoms with Gasteiger partial charge in [-0.05, 0) is 36.0 Å². The minimum atomic E-state index is -0.252. The summed E-state index contributed by atoms with van der Waals surface area (Å²) in [5, 5.41) is 3.32. The van der Waals surface area contributed by atoms with E-state index in [1.807, 2.05) is 47.5 Å². The highest BCUT2D eigenvalue weighted by Crippen LogP contribution is 2.32. The molecule has 1 aromatic carbocycles. The molecule has 1 atom stereocenters. The predicted octanol–water partition coefficient (Wildman–Crippen LogP) is 4.62. The number of likely N-dealkylation sites (tertiary alicyclic amines) is 1. The molecular formula is C21H27N3O2. The Morgan fingerprint density at radius 2 is 2.08 bits per heavy atom. The van der Waals surface area contributed by atoms with Gasteiger partial charge < -0.3 is 15.0 Å². The summed E-state index contributed by atoms with van der Waals surface area (Å²) in [6.45, 7) is 6.26. The van der Waals surface area contributed by atoms with E-state index in [-0.39, 0.29) is 12.1 Å². The van der Waals surface area contributed by atoms with Gasteiger partial charge in [0.1, 0.15) is 12.4 Å². The van der Waals surface area contributed by atoms with Crippen molar-refractivity contribution in [2.24, 2.45) is 5.92 Å². The quantitative estimate of drug-likeness (QED) is 0.823. The lowest BCUT2D eigenvalue weighted by Gasteiger charge is -2.24. The summed E-state index contributed by atoms with van der Waals surface area (Å²) in [6, 6.07) is 13.9. The molecule has 1 aliphatic heterocycles. The van der Waals surface area contributed by atoms with Crippen molar-refractivity contribution in [1.82, 2.24) is 9.88 Å². The molecular weight excluding hydrogens is 326 g/mol. The number of rotatable bonds is 6. The Bertz CT molecular complexity index is 701. The lowest BCUT2D eigenvalue weighted by atomic mass is 10.1. The van der Waals surface area contributed by atoms with Crippen molar-refractivity contribution >= 4 is 11.9 Å². The first kappa shape index (κ1) is 18.2. The molecule has 0 saturated carbocycles. The molecule has 0 spiro atoms. The average molecular weight is 353 g/mol. The third-order valence-corrected chi connectivity index (χ3v) is 4.56. The van der Waals surface area contributed by atoms with Gasteiger partial charge in [-0.25, -0.2) is 9.78 Å². The van der Waals surface area contributed by atoms with Gasteiger partial charge in [0.25, 0.3) is 0 Å². The van der Waals surface area contributed by atoms with Crippen LogP contribution in [0.1, 0.15) is 43.9 Å². The van der Waals surface area contributed by atoms with Crippen LogP contribution in [0.25, 0.3) is 0 Å². The van der Waals surface area contributed by atoms with Crippen molar-refractivity contribution in [2.45, 2.75) is 39.3 Å². The van der Waals surface area contributed by atoms with Crippen molar-refractivity contribution in [1.29, 1.82) is 0 Å². The first-order valence-corrected chi connectivity index (χ1v) is 9.30. The van der Waals surface area contributed by atoms with Gasteiger partial charge in [0, 0.05) is 19.3 Å². The zero-order chi connectivity index (χ0) is 18.4. The highest BCUT2D eigenvalue weighted by Gasteiger charge is 2.31. The fourth-order valence-electron chi connectivity index (χ4n) is 3.15. The van der Waals surface area contributed by atoms with E-state index in [9.17, 15) is 4.79 Å². The van der Waals surface area contributed by atoms with E-state index in [1.54, 1.807) is 0 Å². The average Bonchev–Trinajstić information content (AvgIpc) is 3.15. The van der Waals surface area contributed by atoms with Crippen LogP contribution < -0.4 is 5.32 Å². The summed E-state index contributed by atoms with van der Waals surface area (Å²) in [5.74, 6) is 1.44. The van der Waals surface area contributed by atoms with Crippen molar-refractivity contribution in [3.8, 4) is 0 Å². The zero-order valence-electron chi connectivity index (χ0n) is 15.5. The SMILES string of the molecule is CC(C)CNc1ccc(C2CCCN2C(=O)OCc2ccccc2)cn1. The van der Waals surface area contributed by atoms with E-state index in [1.165, 1.54) is 0 Å². The molecule has 2 aromatic rings. The van der Waals surface area contributed by atoms with Crippen LogP contribution in [0.5, 0.6) is 0 Å². The first-order valence-electron chi connectivity index (χ1n) is 9.30. The largest absolute Gasteiger partial charge is 0.445 e. The number of hydrogen-bond acceptors (Lipinski definition) is 4. The van der Waals surface area contributed by atoms with Crippen molar-refractivity contribution in [2.75, 3.05) is 18.4 Å². The highest BCUT2D eigenvalue weighted by atomic mass is 16.6. The molecule has 1 amide bonds. The van der Waals surface area contributed by atoms with Gasteiger partial charge in [-0.1, -0.05) is 50.2 Å². The molecule has 0 radical (unpaired) electrons. The Balaban J connectivity index is 1.59. The lowest BCUT2D eigenvalue weighted by molar-refractivity contribution is 0.0920. The smallest absolute Gasteiger partial charge is 0.410 e. The fraction of sp³-hybridized carbons (Fsp3) is 0.429. The second-order valence-corrected chi connectivity index (χ2v) is 7.14. The Morgan fingerprint density at radius 3 is 2.77 bits per heavy atom. The Labute approximate surface area is 155 Å². The topological polar surface area (TPSA) is 54.5 Å². The van der Waals surface area contributed by atoms with Gasteiger partial charge in [-0.15, -0.1) is 0 Å². The summed E-state index contributed by atoms with van der Waals surface area (Å²) in [5.41, 5.74) is 2.06. The van der Waals surface area contributed by atoms with Crippen LogP contribution in [0.2, 0.25) is 0 Å². The van der Waals surface area contributed by atoms with Crippen LogP contribution >= 0.6 is 0 Å². The summed E-state index contributed by atoms with van der Waals surface area (Å²) in [6.07, 6.45) is 3.55. The number of ether oxygens (including phenoxy) is 1. The van der Waals surface area contributed by atoms with Gasteiger partial charge in [-0.2, -0.15) is 0 Å². The molecule has 5 nitrogen and oxygen atoms in total. The molecule has 1 unspecified atom stereocenters. The molecule has 1 fully saturated rings. The second-order valence-electron chi connectivity index (χ2n) is 7.14. The molecule has 0 aliphatic carbocycles. The Kier molecular flexibility index (Phi) is 6.10. The van der Waals surface area contributed by atoms with Gasteiger partial charge in [0.15, 0.2) is 0 Å². The van der Waals surface area contributed by atoms with Gasteiger partial charge in [0.2, 0.25) is 0 Å². The summed E-state index contributed by atoms with van der Waals surface area (Å²) in [7, 11) is 0. The normalized spacial score (nSPS) is 16.7. The van der Waals surface area contributed by atoms with E-state index in [2.05, 4.69) is 30.2 Å². The lowest BCUT2D eigenvalue weighted by Crippen LogP contribution is -2.31. The summed E-state index contributed by atoms with van der Waals surface area (Å²) in [4.78, 5) is 18.8. The second kappa shape index (κ2) is 8.70. The number of amides is 1. The fourth-order valence-corrected chi connectivity index (χ4v) is 3.15. The third-order valence-electron chi connectivity index (χ3n) is 4.56. The van der Waals surface area contributed by atoms with Crippen LogP contribution in [-0.4, -0.2) is 29.1 Å². The number of aromatic nitrogens is 1. The molecule has 0 bridgehead atoms. The minimum Gasteiger partial charge on any atom is -0.445 e. The molecule has 1 saturated heterocycles. The summed E-state index contributed by atoms with van der Waals surface area (Å²) >= 11 is 0. The number of nitrogens with one attached hydrogen (secondary N) is 1. The van der Waals surface area contributed by atoms with E-state index in [0.29, 0.717) is 12.5 Å². The number of nitrogens with zero attached hydrogens (tertiary/aromatic N) is 2. The molecule has 2 heterocycles. The third kappa shape index (κ3) is 4.75. The maximum atomic E-state index is 12.5. The highest BCUT2D eigenvalue weighted by molar-refractivity contribution is 5.68. The molecule has 1 N–H and O–H groups in total. The van der Waals surface area contributed by atoms with Crippen LogP contribution in [0.4, 0.5) is 10.6 Å². The van der Waals surface area contributed by atoms with E-state index >= 15 is 0 Å². The standard InChI is InChI=1S/C21H27N3O2/c1-16(2)13-22-20-11-10-18(14-23-20)19-9-6-12-24(19)21(25)26-15-17-7-4-3-5-8-17/h3-5,7-8,10-11,14,16,19H,6,9,12-13,15H2,1-2H3,(H,22,23). The maximum absolute atomic E-state index is 12.5. The van der Waals surface area contributed by atoms with E-state index < -0.39 is 0 Å². The van der Waals surface area contributed by atoms with Crippen molar-refractivity contribution in [3.05, 3.63) is 59.8 Å². The van der Waals surface area contributed by atoms with Crippen LogP contribution in [0.15, 0.2) is 48.7 Å². The van der Waals surface area contributed by atoms with Crippen LogP contribution in [0.3, 0.4) is 0 Å². The van der Waals surface area contributed by atoms with Crippen LogP contribution in [0, 0.1) is 5.92 Å². The van der Waals surface area contributed by atoms with Crippen molar-refractivity contribution < 1.29 is 9.53 Å². The van der Waals surface area contributed by atoms with Crippen molar-refractivity contribution in [3.63, 3.8) is 0 Å². The number of pyridine rings is 1. The molecule has 3 rings (SSSR count). The Hall–Kier alpha value is -2.56. The molecule has 1 aliphatic rings. The first-order chi connectivity index (χ1) is 12.6. The Morgan fingerprint density at radius 1 is 1.27 bits per heavy atom. The van der Waals surface area contributed by atoms with Gasteiger partial charge >= 0.3 is 6.09 Å². The molecule has 5 heteroatoms. The number of carbonyl (C=O) groups is 1. The zero-order valence-corrected chi connectivity index (χ0v) is 15.5. The minimum absolute atomic E-state index is 0.0462.